The Kier molecular flexibility index (Phi) is 2.82. The second-order valence-electron chi connectivity index (χ2n) is 4.41. The van der Waals surface area contributed by atoms with Crippen molar-refractivity contribution in [3.05, 3.63) is 48.0 Å². The summed E-state index contributed by atoms with van der Waals surface area (Å²) in [5.41, 5.74) is -1.06. The maximum atomic E-state index is 13.3. The first-order valence-electron chi connectivity index (χ1n) is 5.98. The highest BCUT2D eigenvalue weighted by atomic mass is 19.4. The van der Waals surface area contributed by atoms with Gasteiger partial charge in [-0.1, -0.05) is 6.07 Å². The molecular weight excluding hydrogens is 285 g/mol. The van der Waals surface area contributed by atoms with E-state index in [0.717, 1.165) is 13.1 Å². The van der Waals surface area contributed by atoms with Crippen LogP contribution in [0.4, 0.5) is 13.2 Å². The number of hydrogen-bond acceptors (Lipinski definition) is 3. The van der Waals surface area contributed by atoms with Gasteiger partial charge in [0.2, 0.25) is 0 Å². The third kappa shape index (κ3) is 2.08. The van der Waals surface area contributed by atoms with E-state index in [1.165, 1.54) is 22.9 Å². The molecule has 0 radical (unpaired) electrons. The highest BCUT2D eigenvalue weighted by molar-refractivity contribution is 5.95. The Morgan fingerprint density at radius 1 is 1.29 bits per heavy atom. The van der Waals surface area contributed by atoms with Crippen molar-refractivity contribution in [3.8, 4) is 5.82 Å². The number of nitrogens with zero attached hydrogens (tertiary/aromatic N) is 4. The molecule has 0 amide bonds. The van der Waals surface area contributed by atoms with Crippen LogP contribution in [-0.2, 0) is 6.18 Å². The van der Waals surface area contributed by atoms with E-state index in [4.69, 9.17) is 0 Å². The molecule has 0 saturated heterocycles. The lowest BCUT2D eigenvalue weighted by Gasteiger charge is -2.13. The Hall–Kier alpha value is -2.64. The van der Waals surface area contributed by atoms with Crippen molar-refractivity contribution in [2.24, 2.45) is 0 Å². The Morgan fingerprint density at radius 2 is 2.05 bits per heavy atom. The Bertz CT molecular complexity index is 831. The molecule has 0 saturated carbocycles. The van der Waals surface area contributed by atoms with Crippen LogP contribution in [0.25, 0.3) is 11.5 Å². The lowest BCUT2D eigenvalue weighted by Crippen LogP contribution is -2.18. The van der Waals surface area contributed by atoms with E-state index in [2.05, 4.69) is 10.1 Å². The van der Waals surface area contributed by atoms with Crippen molar-refractivity contribution in [2.75, 3.05) is 0 Å². The van der Waals surface area contributed by atoms with Gasteiger partial charge in [-0.15, -0.1) is 0 Å². The average molecular weight is 294 g/mol. The maximum absolute atomic E-state index is 13.3. The standard InChI is InChI=1S/C13H9F3N4O/c1-8(21)9-7-18-20(12(9)13(14,15)16)11-4-2-3-10-17-5-6-19(10)11/h2-7H,1H3. The maximum Gasteiger partial charge on any atom is 0.434 e. The summed E-state index contributed by atoms with van der Waals surface area (Å²) in [4.78, 5) is 15.4. The van der Waals surface area contributed by atoms with Gasteiger partial charge >= 0.3 is 6.18 Å². The summed E-state index contributed by atoms with van der Waals surface area (Å²) in [6.45, 7) is 1.08. The number of aromatic nitrogens is 4. The third-order valence-electron chi connectivity index (χ3n) is 3.04. The van der Waals surface area contributed by atoms with E-state index in [-0.39, 0.29) is 5.82 Å². The minimum Gasteiger partial charge on any atom is -0.294 e. The molecule has 0 aliphatic carbocycles. The van der Waals surface area contributed by atoms with Crippen molar-refractivity contribution in [1.82, 2.24) is 19.2 Å². The molecule has 0 aliphatic heterocycles. The third-order valence-corrected chi connectivity index (χ3v) is 3.04. The largest absolute Gasteiger partial charge is 0.434 e. The van der Waals surface area contributed by atoms with Crippen molar-refractivity contribution in [2.45, 2.75) is 13.1 Å². The Balaban J connectivity index is 2.33. The van der Waals surface area contributed by atoms with Gasteiger partial charge in [0.05, 0.1) is 11.8 Å². The molecule has 0 unspecified atom stereocenters. The molecule has 0 atom stereocenters. The summed E-state index contributed by atoms with van der Waals surface area (Å²) < 4.78 is 42.0. The van der Waals surface area contributed by atoms with Crippen LogP contribution in [0.2, 0.25) is 0 Å². The van der Waals surface area contributed by atoms with Gasteiger partial charge in [-0.05, 0) is 19.1 Å². The van der Waals surface area contributed by atoms with E-state index >= 15 is 0 Å². The van der Waals surface area contributed by atoms with E-state index in [0.29, 0.717) is 10.3 Å². The molecule has 5 nitrogen and oxygen atoms in total. The molecule has 108 valence electrons. The molecule has 8 heteroatoms. The first-order chi connectivity index (χ1) is 9.89. The van der Waals surface area contributed by atoms with Gasteiger partial charge in [-0.2, -0.15) is 18.3 Å². The van der Waals surface area contributed by atoms with Crippen molar-refractivity contribution >= 4 is 11.4 Å². The summed E-state index contributed by atoms with van der Waals surface area (Å²) >= 11 is 0. The summed E-state index contributed by atoms with van der Waals surface area (Å²) in [5.74, 6) is -0.531. The van der Waals surface area contributed by atoms with Crippen LogP contribution >= 0.6 is 0 Å². The van der Waals surface area contributed by atoms with Crippen molar-refractivity contribution < 1.29 is 18.0 Å². The van der Waals surface area contributed by atoms with Crippen LogP contribution < -0.4 is 0 Å². The average Bonchev–Trinajstić information content (AvgIpc) is 3.04. The summed E-state index contributed by atoms with van der Waals surface area (Å²) in [5, 5.41) is 3.73. The highest BCUT2D eigenvalue weighted by Gasteiger charge is 2.40. The summed E-state index contributed by atoms with van der Waals surface area (Å²) in [6.07, 6.45) is -0.761. The minimum atomic E-state index is -4.69. The zero-order valence-corrected chi connectivity index (χ0v) is 10.8. The number of rotatable bonds is 2. The second kappa shape index (κ2) is 4.44. The molecule has 0 aliphatic rings. The number of hydrogen-bond donors (Lipinski definition) is 0. The molecule has 21 heavy (non-hydrogen) atoms. The predicted molar refractivity (Wildman–Crippen MR) is 67.3 cm³/mol. The number of Topliss-reactive ketones (excluding diaryl/α,β-unsaturated/α-hetero) is 1. The minimum absolute atomic E-state index is 0.157. The SMILES string of the molecule is CC(=O)c1cnn(-c2cccc3nccn23)c1C(F)(F)F. The lowest BCUT2D eigenvalue weighted by molar-refractivity contribution is -0.143. The number of imidazole rings is 1. The van der Waals surface area contributed by atoms with Crippen LogP contribution in [0.15, 0.2) is 36.8 Å². The quantitative estimate of drug-likeness (QED) is 0.683. The topological polar surface area (TPSA) is 52.2 Å². The monoisotopic (exact) mass is 294 g/mol. The molecule has 0 N–H and O–H groups in total. The first kappa shape index (κ1) is 13.3. The van der Waals surface area contributed by atoms with Gasteiger partial charge in [0, 0.05) is 12.4 Å². The van der Waals surface area contributed by atoms with E-state index in [1.54, 1.807) is 12.1 Å². The van der Waals surface area contributed by atoms with Crippen LogP contribution in [-0.4, -0.2) is 24.9 Å². The number of carbonyl (C=O) groups excluding carboxylic acids is 1. The summed E-state index contributed by atoms with van der Waals surface area (Å²) in [7, 11) is 0. The first-order valence-corrected chi connectivity index (χ1v) is 5.98. The number of fused-ring (bicyclic) bond motifs is 1. The van der Waals surface area contributed by atoms with Crippen LogP contribution in [0.5, 0.6) is 0 Å². The molecular formula is C13H9F3N4O. The van der Waals surface area contributed by atoms with Gasteiger partial charge in [0.15, 0.2) is 11.5 Å². The highest BCUT2D eigenvalue weighted by Crippen LogP contribution is 2.33. The number of pyridine rings is 1. The number of ketones is 1. The zero-order chi connectivity index (χ0) is 15.2. The zero-order valence-electron chi connectivity index (χ0n) is 10.8. The molecule has 3 heterocycles. The number of halogens is 3. The normalized spacial score (nSPS) is 12.0. The smallest absolute Gasteiger partial charge is 0.294 e. The molecule has 0 spiro atoms. The van der Waals surface area contributed by atoms with E-state index in [9.17, 15) is 18.0 Å². The number of alkyl halides is 3. The van der Waals surface area contributed by atoms with Gasteiger partial charge < -0.3 is 0 Å². The van der Waals surface area contributed by atoms with Crippen molar-refractivity contribution in [3.63, 3.8) is 0 Å². The van der Waals surface area contributed by atoms with Crippen LogP contribution in [0.3, 0.4) is 0 Å². The van der Waals surface area contributed by atoms with E-state index in [1.807, 2.05) is 0 Å². The van der Waals surface area contributed by atoms with Crippen LogP contribution in [0, 0.1) is 0 Å². The van der Waals surface area contributed by atoms with Gasteiger partial charge in [-0.3, -0.25) is 9.20 Å². The molecule has 0 fully saturated rings. The fourth-order valence-electron chi connectivity index (χ4n) is 2.16. The Labute approximate surface area is 116 Å². The summed E-state index contributed by atoms with van der Waals surface area (Å²) in [6, 6.07) is 4.71. The molecule has 0 bridgehead atoms. The second-order valence-corrected chi connectivity index (χ2v) is 4.41. The van der Waals surface area contributed by atoms with Gasteiger partial charge in [0.25, 0.3) is 0 Å². The molecule has 0 aromatic carbocycles. The Morgan fingerprint density at radius 3 is 2.71 bits per heavy atom. The fourth-order valence-corrected chi connectivity index (χ4v) is 2.16. The lowest BCUT2D eigenvalue weighted by atomic mass is 10.2. The molecule has 3 aromatic rings. The number of carbonyl (C=O) groups is 1. The van der Waals surface area contributed by atoms with Gasteiger partial charge in [-0.25, -0.2) is 9.67 Å². The fraction of sp³-hybridized carbons (Fsp3) is 0.154. The van der Waals surface area contributed by atoms with Gasteiger partial charge in [0.1, 0.15) is 11.5 Å². The predicted octanol–water partition coefficient (Wildman–Crippen LogP) is 2.74. The molecule has 3 rings (SSSR count). The van der Waals surface area contributed by atoms with Crippen LogP contribution in [0.1, 0.15) is 23.0 Å². The van der Waals surface area contributed by atoms with E-state index < -0.39 is 23.2 Å². The molecule has 3 aromatic heterocycles. The van der Waals surface area contributed by atoms with Crippen molar-refractivity contribution in [1.29, 1.82) is 0 Å².